The smallest absolute Gasteiger partial charge is 0.243 e. The molecule has 2 aromatic rings. The van der Waals surface area contributed by atoms with Crippen molar-refractivity contribution in [2.24, 2.45) is 7.05 Å². The van der Waals surface area contributed by atoms with Crippen LogP contribution >= 0.6 is 0 Å². The first-order valence-electron chi connectivity index (χ1n) is 6.78. The molecule has 0 saturated carbocycles. The molecule has 0 radical (unpaired) electrons. The molecule has 1 aromatic heterocycles. The van der Waals surface area contributed by atoms with Gasteiger partial charge in [-0.15, -0.1) is 0 Å². The Morgan fingerprint density at radius 2 is 2.24 bits per heavy atom. The van der Waals surface area contributed by atoms with E-state index in [2.05, 4.69) is 10.3 Å². The lowest BCUT2D eigenvalue weighted by Crippen LogP contribution is -2.27. The fourth-order valence-corrected chi connectivity index (χ4v) is 3.63. The van der Waals surface area contributed by atoms with E-state index in [1.807, 2.05) is 17.7 Å². The number of sulfonamides is 1. The van der Waals surface area contributed by atoms with Crippen molar-refractivity contribution in [1.29, 1.82) is 0 Å². The van der Waals surface area contributed by atoms with Crippen LogP contribution in [-0.4, -0.2) is 35.9 Å². The molecule has 1 aliphatic heterocycles. The normalized spacial score (nSPS) is 14.2. The summed E-state index contributed by atoms with van der Waals surface area (Å²) in [5, 5.41) is 3.23. The average Bonchev–Trinajstić information content (AvgIpc) is 3.07. The number of hydrogen-bond donors (Lipinski definition) is 1. The molecule has 0 atom stereocenters. The predicted octanol–water partition coefficient (Wildman–Crippen LogP) is 1.21. The third-order valence-electron chi connectivity index (χ3n) is 3.78. The van der Waals surface area contributed by atoms with Crippen molar-refractivity contribution < 1.29 is 8.42 Å². The lowest BCUT2D eigenvalue weighted by Gasteiger charge is -2.17. The summed E-state index contributed by atoms with van der Waals surface area (Å²) in [5.74, 6) is 0.712. The van der Waals surface area contributed by atoms with Crippen LogP contribution in [0.2, 0.25) is 0 Å². The van der Waals surface area contributed by atoms with Crippen LogP contribution in [0.1, 0.15) is 11.4 Å². The SMILES string of the molecule is CN(Cc1nccn1C)S(=O)(=O)c1ccc2c(c1)CCN2. The molecule has 112 valence electrons. The minimum atomic E-state index is -3.50. The summed E-state index contributed by atoms with van der Waals surface area (Å²) >= 11 is 0. The van der Waals surface area contributed by atoms with Gasteiger partial charge in [0.25, 0.3) is 0 Å². The summed E-state index contributed by atoms with van der Waals surface area (Å²) in [7, 11) is -0.0713. The molecule has 7 heteroatoms. The molecule has 1 aliphatic rings. The van der Waals surface area contributed by atoms with Crippen LogP contribution in [-0.2, 0) is 30.0 Å². The Bertz CT molecular complexity index is 767. The number of imidazole rings is 1. The molecule has 0 saturated heterocycles. The monoisotopic (exact) mass is 306 g/mol. The lowest BCUT2D eigenvalue weighted by molar-refractivity contribution is 0.451. The fourth-order valence-electron chi connectivity index (χ4n) is 2.45. The van der Waals surface area contributed by atoms with E-state index < -0.39 is 10.0 Å². The van der Waals surface area contributed by atoms with E-state index in [0.717, 1.165) is 24.2 Å². The van der Waals surface area contributed by atoms with Crippen molar-refractivity contribution in [1.82, 2.24) is 13.9 Å². The van der Waals surface area contributed by atoms with Gasteiger partial charge >= 0.3 is 0 Å². The summed E-state index contributed by atoms with van der Waals surface area (Å²) in [6.45, 7) is 1.11. The number of hydrogen-bond acceptors (Lipinski definition) is 4. The second kappa shape index (κ2) is 5.16. The van der Waals surface area contributed by atoms with Gasteiger partial charge in [0.15, 0.2) is 0 Å². The Hall–Kier alpha value is -1.86. The van der Waals surface area contributed by atoms with E-state index in [-0.39, 0.29) is 6.54 Å². The number of aromatic nitrogens is 2. The fraction of sp³-hybridized carbons (Fsp3) is 0.357. The van der Waals surface area contributed by atoms with Crippen LogP contribution in [0, 0.1) is 0 Å². The van der Waals surface area contributed by atoms with Crippen molar-refractivity contribution in [2.45, 2.75) is 17.9 Å². The molecule has 0 fully saturated rings. The standard InChI is InChI=1S/C14H18N4O2S/c1-17-8-7-16-14(17)10-18(2)21(19,20)12-3-4-13-11(9-12)5-6-15-13/h3-4,7-9,15H,5-6,10H2,1-2H3. The number of nitrogens with one attached hydrogen (secondary N) is 1. The van der Waals surface area contributed by atoms with Gasteiger partial charge < -0.3 is 9.88 Å². The van der Waals surface area contributed by atoms with Crippen LogP contribution in [0.15, 0.2) is 35.5 Å². The van der Waals surface area contributed by atoms with Gasteiger partial charge in [-0.25, -0.2) is 13.4 Å². The maximum absolute atomic E-state index is 12.6. The molecule has 0 unspecified atom stereocenters. The zero-order valence-corrected chi connectivity index (χ0v) is 12.9. The summed E-state index contributed by atoms with van der Waals surface area (Å²) in [5.41, 5.74) is 2.09. The van der Waals surface area contributed by atoms with E-state index in [1.54, 1.807) is 31.6 Å². The highest BCUT2D eigenvalue weighted by atomic mass is 32.2. The highest BCUT2D eigenvalue weighted by Gasteiger charge is 2.24. The van der Waals surface area contributed by atoms with Crippen LogP contribution < -0.4 is 5.32 Å². The Balaban J connectivity index is 1.87. The van der Waals surface area contributed by atoms with Crippen molar-refractivity contribution in [3.63, 3.8) is 0 Å². The van der Waals surface area contributed by atoms with Gasteiger partial charge in [0, 0.05) is 38.7 Å². The second-order valence-electron chi connectivity index (χ2n) is 5.21. The molecule has 0 spiro atoms. The lowest BCUT2D eigenvalue weighted by atomic mass is 10.2. The average molecular weight is 306 g/mol. The molecule has 0 aliphatic carbocycles. The highest BCUT2D eigenvalue weighted by molar-refractivity contribution is 7.89. The van der Waals surface area contributed by atoms with Crippen LogP contribution in [0.25, 0.3) is 0 Å². The third kappa shape index (κ3) is 2.54. The summed E-state index contributed by atoms with van der Waals surface area (Å²) in [6, 6.07) is 5.25. The zero-order chi connectivity index (χ0) is 15.0. The Kier molecular flexibility index (Phi) is 3.46. The van der Waals surface area contributed by atoms with E-state index in [1.165, 1.54) is 4.31 Å². The van der Waals surface area contributed by atoms with Gasteiger partial charge in [0.2, 0.25) is 10.0 Å². The molecule has 21 heavy (non-hydrogen) atoms. The summed E-state index contributed by atoms with van der Waals surface area (Å²) in [4.78, 5) is 4.50. The quantitative estimate of drug-likeness (QED) is 0.922. The first-order chi connectivity index (χ1) is 9.98. The molecule has 1 N–H and O–H groups in total. The zero-order valence-electron chi connectivity index (χ0n) is 12.1. The molecule has 2 heterocycles. The Morgan fingerprint density at radius 1 is 1.43 bits per heavy atom. The maximum atomic E-state index is 12.6. The molecule has 1 aromatic carbocycles. The largest absolute Gasteiger partial charge is 0.384 e. The molecule has 0 amide bonds. The van der Waals surface area contributed by atoms with Crippen molar-refractivity contribution in [3.05, 3.63) is 42.0 Å². The van der Waals surface area contributed by atoms with E-state index >= 15 is 0 Å². The number of rotatable bonds is 4. The van der Waals surface area contributed by atoms with E-state index in [0.29, 0.717) is 10.7 Å². The van der Waals surface area contributed by atoms with Crippen LogP contribution in [0.5, 0.6) is 0 Å². The van der Waals surface area contributed by atoms with Gasteiger partial charge in [-0.05, 0) is 30.2 Å². The first kappa shape index (κ1) is 14.1. The Labute approximate surface area is 124 Å². The van der Waals surface area contributed by atoms with E-state index in [9.17, 15) is 8.42 Å². The molecule has 6 nitrogen and oxygen atoms in total. The van der Waals surface area contributed by atoms with Crippen LogP contribution in [0.4, 0.5) is 5.69 Å². The van der Waals surface area contributed by atoms with Crippen molar-refractivity contribution >= 4 is 15.7 Å². The summed E-state index contributed by atoms with van der Waals surface area (Å²) in [6.07, 6.45) is 4.33. The minimum Gasteiger partial charge on any atom is -0.384 e. The number of nitrogens with zero attached hydrogens (tertiary/aromatic N) is 3. The van der Waals surface area contributed by atoms with Crippen molar-refractivity contribution in [2.75, 3.05) is 18.9 Å². The van der Waals surface area contributed by atoms with Gasteiger partial charge in [-0.1, -0.05) is 0 Å². The highest BCUT2D eigenvalue weighted by Crippen LogP contribution is 2.26. The van der Waals surface area contributed by atoms with Crippen molar-refractivity contribution in [3.8, 4) is 0 Å². The summed E-state index contributed by atoms with van der Waals surface area (Å²) < 4.78 is 28.4. The number of anilines is 1. The number of aryl methyl sites for hydroxylation is 1. The van der Waals surface area contributed by atoms with Gasteiger partial charge in [-0.2, -0.15) is 4.31 Å². The van der Waals surface area contributed by atoms with Gasteiger partial charge in [0.1, 0.15) is 5.82 Å². The third-order valence-corrected chi connectivity index (χ3v) is 5.58. The van der Waals surface area contributed by atoms with Gasteiger partial charge in [-0.3, -0.25) is 0 Å². The molecular formula is C14H18N4O2S. The molecule has 3 rings (SSSR count). The number of benzene rings is 1. The van der Waals surface area contributed by atoms with Crippen LogP contribution in [0.3, 0.4) is 0 Å². The molecular weight excluding hydrogens is 288 g/mol. The molecule has 0 bridgehead atoms. The number of fused-ring (bicyclic) bond motifs is 1. The predicted molar refractivity (Wildman–Crippen MR) is 80.5 cm³/mol. The Morgan fingerprint density at radius 3 is 2.95 bits per heavy atom. The minimum absolute atomic E-state index is 0.251. The topological polar surface area (TPSA) is 67.2 Å². The maximum Gasteiger partial charge on any atom is 0.243 e. The van der Waals surface area contributed by atoms with E-state index in [4.69, 9.17) is 0 Å². The first-order valence-corrected chi connectivity index (χ1v) is 8.22. The second-order valence-corrected chi connectivity index (χ2v) is 7.26. The van der Waals surface area contributed by atoms with Gasteiger partial charge in [0.05, 0.1) is 11.4 Å².